The predicted octanol–water partition coefficient (Wildman–Crippen LogP) is 4.00. The number of nitrogens with zero attached hydrogens (tertiary/aromatic N) is 1. The van der Waals surface area contributed by atoms with E-state index in [-0.39, 0.29) is 5.91 Å². The summed E-state index contributed by atoms with van der Waals surface area (Å²) in [5, 5.41) is 5.37. The molecule has 2 heterocycles. The Labute approximate surface area is 124 Å². The molecule has 5 heteroatoms. The number of pyridine rings is 1. The van der Waals surface area contributed by atoms with Crippen LogP contribution in [0, 0.1) is 0 Å². The fourth-order valence-electron chi connectivity index (χ4n) is 2.27. The van der Waals surface area contributed by atoms with Crippen molar-refractivity contribution in [1.29, 1.82) is 0 Å². The van der Waals surface area contributed by atoms with Crippen LogP contribution in [0.25, 0.3) is 21.0 Å². The lowest BCUT2D eigenvalue weighted by Crippen LogP contribution is -2.24. The molecule has 2 aromatic heterocycles. The number of carbonyl (C=O) groups excluding carboxylic acids is 1. The van der Waals surface area contributed by atoms with Gasteiger partial charge in [0.25, 0.3) is 5.91 Å². The van der Waals surface area contributed by atoms with Crippen LogP contribution < -0.4 is 5.32 Å². The average molecular weight is 303 g/mol. The molecule has 0 saturated heterocycles. The number of benzene rings is 1. The largest absolute Gasteiger partial charge is 0.349 e. The summed E-state index contributed by atoms with van der Waals surface area (Å²) in [5.74, 6) is -0.00570. The first-order valence-electron chi connectivity index (χ1n) is 6.51. The number of hydrogen-bond donors (Lipinski definition) is 1. The summed E-state index contributed by atoms with van der Waals surface area (Å²) in [4.78, 5) is 17.2. The lowest BCUT2D eigenvalue weighted by molar-refractivity contribution is 0.0955. The van der Waals surface area contributed by atoms with Gasteiger partial charge < -0.3 is 5.32 Å². The van der Waals surface area contributed by atoms with E-state index in [1.54, 1.807) is 0 Å². The Bertz CT molecular complexity index is 838. The van der Waals surface area contributed by atoms with Gasteiger partial charge >= 0.3 is 0 Å². The van der Waals surface area contributed by atoms with Crippen molar-refractivity contribution in [3.63, 3.8) is 0 Å². The highest BCUT2D eigenvalue weighted by atomic mass is 35.5. The van der Waals surface area contributed by atoms with E-state index in [1.165, 1.54) is 11.3 Å². The van der Waals surface area contributed by atoms with Gasteiger partial charge in [-0.2, -0.15) is 0 Å². The Morgan fingerprint density at radius 2 is 2.10 bits per heavy atom. The maximum atomic E-state index is 12.1. The molecule has 0 atom stereocenters. The summed E-state index contributed by atoms with van der Waals surface area (Å²) in [6, 6.07) is 10.1. The Kier molecular flexibility index (Phi) is 2.69. The molecule has 1 aliphatic carbocycles. The summed E-state index contributed by atoms with van der Waals surface area (Å²) in [5.41, 5.74) is 0.862. The molecule has 1 saturated carbocycles. The summed E-state index contributed by atoms with van der Waals surface area (Å²) in [6.07, 6.45) is 2.17. The van der Waals surface area contributed by atoms with Crippen LogP contribution in [0.2, 0.25) is 5.15 Å². The third-order valence-electron chi connectivity index (χ3n) is 3.46. The molecule has 1 aromatic carbocycles. The molecule has 1 fully saturated rings. The Morgan fingerprint density at radius 1 is 1.30 bits per heavy atom. The quantitative estimate of drug-likeness (QED) is 0.727. The van der Waals surface area contributed by atoms with Crippen LogP contribution in [0.4, 0.5) is 0 Å². The first-order chi connectivity index (χ1) is 9.72. The van der Waals surface area contributed by atoms with Crippen molar-refractivity contribution in [2.75, 3.05) is 0 Å². The molecule has 1 aliphatic rings. The lowest BCUT2D eigenvalue weighted by atomic mass is 10.2. The van der Waals surface area contributed by atoms with Gasteiger partial charge in [0.05, 0.1) is 10.4 Å². The van der Waals surface area contributed by atoms with E-state index in [0.717, 1.165) is 33.8 Å². The number of halogens is 1. The second-order valence-electron chi connectivity index (χ2n) is 5.02. The second-order valence-corrected chi connectivity index (χ2v) is 6.43. The van der Waals surface area contributed by atoms with Crippen LogP contribution in [-0.4, -0.2) is 16.9 Å². The number of hydrogen-bond acceptors (Lipinski definition) is 3. The van der Waals surface area contributed by atoms with Crippen molar-refractivity contribution in [3.05, 3.63) is 40.4 Å². The topological polar surface area (TPSA) is 42.0 Å². The number of carbonyl (C=O) groups is 1. The summed E-state index contributed by atoms with van der Waals surface area (Å²) in [7, 11) is 0. The summed E-state index contributed by atoms with van der Waals surface area (Å²) < 4.78 is 1.03. The maximum Gasteiger partial charge on any atom is 0.261 e. The fourth-order valence-corrected chi connectivity index (χ4v) is 3.66. The van der Waals surface area contributed by atoms with Crippen molar-refractivity contribution in [1.82, 2.24) is 10.3 Å². The van der Waals surface area contributed by atoms with E-state index in [1.807, 2.05) is 30.3 Å². The highest BCUT2D eigenvalue weighted by molar-refractivity contribution is 7.21. The van der Waals surface area contributed by atoms with E-state index in [4.69, 9.17) is 11.6 Å². The highest BCUT2D eigenvalue weighted by Crippen LogP contribution is 2.35. The van der Waals surface area contributed by atoms with Gasteiger partial charge in [-0.05, 0) is 25.0 Å². The molecule has 20 heavy (non-hydrogen) atoms. The van der Waals surface area contributed by atoms with Crippen LogP contribution >= 0.6 is 22.9 Å². The minimum Gasteiger partial charge on any atom is -0.349 e. The molecule has 3 nitrogen and oxygen atoms in total. The lowest BCUT2D eigenvalue weighted by Gasteiger charge is -1.99. The smallest absolute Gasteiger partial charge is 0.261 e. The van der Waals surface area contributed by atoms with E-state index < -0.39 is 0 Å². The monoisotopic (exact) mass is 302 g/mol. The van der Waals surface area contributed by atoms with Crippen molar-refractivity contribution in [2.24, 2.45) is 0 Å². The minimum atomic E-state index is -0.00570. The van der Waals surface area contributed by atoms with Crippen LogP contribution in [-0.2, 0) is 0 Å². The number of aromatic nitrogens is 1. The average Bonchev–Trinajstić information content (AvgIpc) is 3.13. The molecule has 100 valence electrons. The van der Waals surface area contributed by atoms with Crippen LogP contribution in [0.1, 0.15) is 22.5 Å². The maximum absolute atomic E-state index is 12.1. The Balaban J connectivity index is 1.90. The van der Waals surface area contributed by atoms with Gasteiger partial charge in [0.15, 0.2) is 0 Å². The number of amides is 1. The molecule has 0 unspecified atom stereocenters. The molecule has 1 amide bonds. The minimum absolute atomic E-state index is 0.00570. The summed E-state index contributed by atoms with van der Waals surface area (Å²) in [6.45, 7) is 0. The Morgan fingerprint density at radius 3 is 2.90 bits per heavy atom. The van der Waals surface area contributed by atoms with Crippen LogP contribution in [0.5, 0.6) is 0 Å². The molecule has 0 bridgehead atoms. The third kappa shape index (κ3) is 1.96. The first kappa shape index (κ1) is 12.1. The van der Waals surface area contributed by atoms with Gasteiger partial charge in [-0.25, -0.2) is 4.98 Å². The molecular weight excluding hydrogens is 292 g/mol. The molecule has 1 N–H and O–H groups in total. The molecular formula is C15H11ClN2OS. The van der Waals surface area contributed by atoms with Gasteiger partial charge in [-0.15, -0.1) is 11.3 Å². The normalized spacial score (nSPS) is 14.8. The van der Waals surface area contributed by atoms with E-state index in [9.17, 15) is 4.79 Å². The van der Waals surface area contributed by atoms with Gasteiger partial charge in [-0.1, -0.05) is 29.8 Å². The zero-order valence-corrected chi connectivity index (χ0v) is 12.1. The number of fused-ring (bicyclic) bond motifs is 3. The first-order valence-corrected chi connectivity index (χ1v) is 7.70. The van der Waals surface area contributed by atoms with Crippen LogP contribution in [0.15, 0.2) is 30.3 Å². The number of rotatable bonds is 2. The second kappa shape index (κ2) is 4.43. The van der Waals surface area contributed by atoms with Crippen molar-refractivity contribution < 1.29 is 4.79 Å². The van der Waals surface area contributed by atoms with E-state index >= 15 is 0 Å². The predicted molar refractivity (Wildman–Crippen MR) is 82.6 cm³/mol. The van der Waals surface area contributed by atoms with Gasteiger partial charge in [0, 0.05) is 21.5 Å². The third-order valence-corrected chi connectivity index (χ3v) is 4.91. The molecule has 0 aliphatic heterocycles. The standard InChI is InChI=1S/C15H11ClN2OS/c16-14-10-7-12(15(19)17-8-5-6-8)20-13(10)9-3-1-2-4-11(9)18-14/h1-4,7-8H,5-6H2,(H,17,19). The fraction of sp³-hybridized carbons (Fsp3) is 0.200. The molecule has 4 rings (SSSR count). The number of para-hydroxylation sites is 1. The number of thiophene rings is 1. The van der Waals surface area contributed by atoms with Gasteiger partial charge in [-0.3, -0.25) is 4.79 Å². The molecule has 3 aromatic rings. The van der Waals surface area contributed by atoms with Crippen molar-refractivity contribution in [2.45, 2.75) is 18.9 Å². The number of nitrogens with one attached hydrogen (secondary N) is 1. The van der Waals surface area contributed by atoms with Gasteiger partial charge in [0.1, 0.15) is 5.15 Å². The highest BCUT2D eigenvalue weighted by Gasteiger charge is 2.25. The zero-order valence-electron chi connectivity index (χ0n) is 10.5. The summed E-state index contributed by atoms with van der Waals surface area (Å²) >= 11 is 7.72. The Hall–Kier alpha value is -1.65. The SMILES string of the molecule is O=C(NC1CC1)c1cc2c(Cl)nc3ccccc3c2s1. The molecule has 0 radical (unpaired) electrons. The van der Waals surface area contributed by atoms with Crippen molar-refractivity contribution in [3.8, 4) is 0 Å². The molecule has 0 spiro atoms. The zero-order chi connectivity index (χ0) is 13.7. The van der Waals surface area contributed by atoms with E-state index in [2.05, 4.69) is 10.3 Å². The van der Waals surface area contributed by atoms with Crippen molar-refractivity contribution >= 4 is 49.8 Å². The van der Waals surface area contributed by atoms with Crippen LogP contribution in [0.3, 0.4) is 0 Å². The van der Waals surface area contributed by atoms with Gasteiger partial charge in [0.2, 0.25) is 0 Å². The van der Waals surface area contributed by atoms with E-state index in [0.29, 0.717) is 16.1 Å².